The first-order valence-electron chi connectivity index (χ1n) is 9.73. The molecule has 8 heteroatoms. The van der Waals surface area contributed by atoms with E-state index in [1.807, 2.05) is 32.0 Å². The second-order valence-corrected chi connectivity index (χ2v) is 7.17. The highest BCUT2D eigenvalue weighted by Crippen LogP contribution is 2.19. The zero-order chi connectivity index (χ0) is 22.5. The van der Waals surface area contributed by atoms with Crippen molar-refractivity contribution in [3.63, 3.8) is 0 Å². The molecule has 2 amide bonds. The van der Waals surface area contributed by atoms with Gasteiger partial charge in [-0.05, 0) is 38.0 Å². The summed E-state index contributed by atoms with van der Waals surface area (Å²) >= 11 is 0. The fourth-order valence-corrected chi connectivity index (χ4v) is 3.16. The first kappa shape index (κ1) is 21.8. The maximum atomic E-state index is 12.5. The van der Waals surface area contributed by atoms with Gasteiger partial charge < -0.3 is 20.4 Å². The lowest BCUT2D eigenvalue weighted by Crippen LogP contribution is -2.40. The number of esters is 1. The van der Waals surface area contributed by atoms with Gasteiger partial charge in [0.25, 0.3) is 5.91 Å². The topological polar surface area (TPSA) is 117 Å². The molecule has 160 valence electrons. The predicted molar refractivity (Wildman–Crippen MR) is 117 cm³/mol. The third kappa shape index (κ3) is 5.16. The highest BCUT2D eigenvalue weighted by atomic mass is 16.5. The van der Waals surface area contributed by atoms with E-state index in [1.54, 1.807) is 24.3 Å². The Hall–Kier alpha value is -3.94. The van der Waals surface area contributed by atoms with Crippen LogP contribution in [0.2, 0.25) is 0 Å². The smallest absolute Gasteiger partial charge is 0.339 e. The van der Waals surface area contributed by atoms with E-state index in [2.05, 4.69) is 15.6 Å². The van der Waals surface area contributed by atoms with E-state index in [0.29, 0.717) is 16.6 Å². The van der Waals surface area contributed by atoms with E-state index in [9.17, 15) is 19.2 Å². The normalized spacial score (nSPS) is 11.6. The molecule has 0 aliphatic carbocycles. The van der Waals surface area contributed by atoms with Crippen molar-refractivity contribution >= 4 is 34.4 Å². The van der Waals surface area contributed by atoms with Crippen LogP contribution in [0.25, 0.3) is 10.9 Å². The molecule has 0 radical (unpaired) electrons. The number of fused-ring (bicyclic) bond motifs is 1. The third-order valence-corrected chi connectivity index (χ3v) is 4.79. The van der Waals surface area contributed by atoms with Gasteiger partial charge in [-0.25, -0.2) is 4.79 Å². The van der Waals surface area contributed by atoms with E-state index in [4.69, 9.17) is 4.74 Å². The minimum absolute atomic E-state index is 0.0618. The maximum absolute atomic E-state index is 12.5. The molecule has 3 rings (SSSR count). The Labute approximate surface area is 178 Å². The van der Waals surface area contributed by atoms with Crippen LogP contribution in [0.1, 0.15) is 28.4 Å². The van der Waals surface area contributed by atoms with E-state index in [0.717, 1.165) is 17.2 Å². The number of aromatic amines is 1. The molecule has 1 aromatic heterocycles. The first-order chi connectivity index (χ1) is 14.8. The van der Waals surface area contributed by atoms with Gasteiger partial charge in [-0.15, -0.1) is 0 Å². The highest BCUT2D eigenvalue weighted by molar-refractivity contribution is 6.04. The minimum atomic E-state index is -1.15. The number of hydrogen-bond acceptors (Lipinski definition) is 5. The van der Waals surface area contributed by atoms with Crippen molar-refractivity contribution in [1.82, 2.24) is 10.3 Å². The molecule has 0 aliphatic rings. The summed E-state index contributed by atoms with van der Waals surface area (Å²) in [6.07, 6.45) is -1.15. The van der Waals surface area contributed by atoms with Gasteiger partial charge in [-0.1, -0.05) is 36.4 Å². The van der Waals surface area contributed by atoms with Crippen LogP contribution in [-0.2, 0) is 14.3 Å². The molecule has 0 saturated heterocycles. The fourth-order valence-electron chi connectivity index (χ4n) is 3.16. The van der Waals surface area contributed by atoms with Crippen molar-refractivity contribution in [3.05, 3.63) is 75.6 Å². The summed E-state index contributed by atoms with van der Waals surface area (Å²) in [5.41, 5.74) is 2.61. The molecular weight excluding hydrogens is 398 g/mol. The molecule has 0 spiro atoms. The molecular formula is C23H23N3O5. The number of H-pyrrole nitrogens is 1. The number of carbonyl (C=O) groups excluding carboxylic acids is 3. The molecule has 2 aromatic carbocycles. The second kappa shape index (κ2) is 9.25. The molecule has 31 heavy (non-hydrogen) atoms. The standard InChI is InChI=1S/C23H23N3O5/c1-13-7-6-8-14(2)21(13)26-20(28)12-24-22(29)15(3)31-23(30)17-11-19(27)25-18-10-5-4-9-16(17)18/h4-11,15H,12H2,1-3H3,(H,24,29)(H,25,27)(H,26,28). The largest absolute Gasteiger partial charge is 0.449 e. The van der Waals surface area contributed by atoms with Crippen LogP contribution in [0.5, 0.6) is 0 Å². The van der Waals surface area contributed by atoms with Gasteiger partial charge in [0.15, 0.2) is 6.10 Å². The molecule has 0 bridgehead atoms. The number of carbonyl (C=O) groups is 3. The molecule has 1 heterocycles. The summed E-state index contributed by atoms with van der Waals surface area (Å²) in [7, 11) is 0. The highest BCUT2D eigenvalue weighted by Gasteiger charge is 2.21. The fraction of sp³-hybridized carbons (Fsp3) is 0.217. The third-order valence-electron chi connectivity index (χ3n) is 4.79. The van der Waals surface area contributed by atoms with E-state index < -0.39 is 29.4 Å². The Morgan fingerprint density at radius 3 is 2.42 bits per heavy atom. The monoisotopic (exact) mass is 421 g/mol. The number of ether oxygens (including phenoxy) is 1. The quantitative estimate of drug-likeness (QED) is 0.529. The van der Waals surface area contributed by atoms with Crippen molar-refractivity contribution in [2.24, 2.45) is 0 Å². The summed E-state index contributed by atoms with van der Waals surface area (Å²) in [5, 5.41) is 5.72. The number of pyridine rings is 1. The Morgan fingerprint density at radius 2 is 1.71 bits per heavy atom. The number of rotatable bonds is 6. The summed E-state index contributed by atoms with van der Waals surface area (Å²) in [6.45, 7) is 4.87. The van der Waals surface area contributed by atoms with Crippen LogP contribution in [0.4, 0.5) is 5.69 Å². The lowest BCUT2D eigenvalue weighted by atomic mass is 10.1. The number of benzene rings is 2. The molecule has 8 nitrogen and oxygen atoms in total. The number of aryl methyl sites for hydroxylation is 2. The Balaban J connectivity index is 1.60. The van der Waals surface area contributed by atoms with Crippen LogP contribution < -0.4 is 16.2 Å². The minimum Gasteiger partial charge on any atom is -0.449 e. The lowest BCUT2D eigenvalue weighted by molar-refractivity contribution is -0.130. The van der Waals surface area contributed by atoms with Crippen molar-refractivity contribution in [2.75, 3.05) is 11.9 Å². The molecule has 0 saturated carbocycles. The SMILES string of the molecule is Cc1cccc(C)c1NC(=O)CNC(=O)C(C)OC(=O)c1cc(=O)[nH]c2ccccc12. The zero-order valence-electron chi connectivity index (χ0n) is 17.4. The first-order valence-corrected chi connectivity index (χ1v) is 9.73. The van der Waals surface area contributed by atoms with Crippen LogP contribution in [0.3, 0.4) is 0 Å². The molecule has 1 unspecified atom stereocenters. The second-order valence-electron chi connectivity index (χ2n) is 7.17. The van der Waals surface area contributed by atoms with Gasteiger partial charge in [-0.3, -0.25) is 14.4 Å². The van der Waals surface area contributed by atoms with Crippen molar-refractivity contribution in [2.45, 2.75) is 26.9 Å². The summed E-state index contributed by atoms with van der Waals surface area (Å²) in [5.74, 6) is -1.83. The maximum Gasteiger partial charge on any atom is 0.339 e. The molecule has 1 atom stereocenters. The average molecular weight is 421 g/mol. The van der Waals surface area contributed by atoms with Gasteiger partial charge in [0.1, 0.15) is 0 Å². The number of nitrogens with one attached hydrogen (secondary N) is 3. The molecule has 3 N–H and O–H groups in total. The Bertz CT molecular complexity index is 1200. The zero-order valence-corrected chi connectivity index (χ0v) is 17.4. The Kier molecular flexibility index (Phi) is 6.49. The van der Waals surface area contributed by atoms with E-state index in [1.165, 1.54) is 6.92 Å². The lowest BCUT2D eigenvalue weighted by Gasteiger charge is -2.15. The number of amides is 2. The van der Waals surface area contributed by atoms with Crippen LogP contribution >= 0.6 is 0 Å². The Morgan fingerprint density at radius 1 is 1.03 bits per heavy atom. The predicted octanol–water partition coefficient (Wildman–Crippen LogP) is 2.45. The molecule has 0 aliphatic heterocycles. The van der Waals surface area contributed by atoms with Gasteiger partial charge in [0, 0.05) is 22.7 Å². The number of anilines is 1. The van der Waals surface area contributed by atoms with Gasteiger partial charge in [-0.2, -0.15) is 0 Å². The van der Waals surface area contributed by atoms with Crippen molar-refractivity contribution in [1.29, 1.82) is 0 Å². The van der Waals surface area contributed by atoms with Crippen molar-refractivity contribution < 1.29 is 19.1 Å². The van der Waals surface area contributed by atoms with Gasteiger partial charge >= 0.3 is 5.97 Å². The van der Waals surface area contributed by atoms with Crippen LogP contribution in [0.15, 0.2) is 53.3 Å². The number of para-hydroxylation sites is 2. The van der Waals surface area contributed by atoms with Gasteiger partial charge in [0.05, 0.1) is 12.1 Å². The van der Waals surface area contributed by atoms with Crippen LogP contribution in [0, 0.1) is 13.8 Å². The van der Waals surface area contributed by atoms with Crippen molar-refractivity contribution in [3.8, 4) is 0 Å². The van der Waals surface area contributed by atoms with E-state index >= 15 is 0 Å². The van der Waals surface area contributed by atoms with E-state index in [-0.39, 0.29) is 12.1 Å². The summed E-state index contributed by atoms with van der Waals surface area (Å²) in [6, 6.07) is 13.6. The average Bonchev–Trinajstić information content (AvgIpc) is 2.73. The summed E-state index contributed by atoms with van der Waals surface area (Å²) < 4.78 is 5.21. The number of hydrogen-bond donors (Lipinski definition) is 3. The summed E-state index contributed by atoms with van der Waals surface area (Å²) in [4.78, 5) is 51.5. The molecule has 0 fully saturated rings. The molecule has 3 aromatic rings. The van der Waals surface area contributed by atoms with Gasteiger partial charge in [0.2, 0.25) is 11.5 Å². The van der Waals surface area contributed by atoms with Crippen LogP contribution in [-0.4, -0.2) is 35.4 Å². The number of aromatic nitrogens is 1.